The zero-order chi connectivity index (χ0) is 17.4. The Bertz CT molecular complexity index is 511. The Kier molecular flexibility index (Phi) is 7.69. The van der Waals surface area contributed by atoms with Crippen LogP contribution in [0.4, 0.5) is 5.69 Å². The lowest BCUT2D eigenvalue weighted by molar-refractivity contribution is -0.117. The van der Waals surface area contributed by atoms with Crippen LogP contribution in [0.25, 0.3) is 0 Å². The summed E-state index contributed by atoms with van der Waals surface area (Å²) < 4.78 is 5.47. The number of amides is 1. The van der Waals surface area contributed by atoms with E-state index in [1.54, 1.807) is 0 Å². The number of para-hydroxylation sites is 1. The van der Waals surface area contributed by atoms with Gasteiger partial charge in [-0.2, -0.15) is 0 Å². The van der Waals surface area contributed by atoms with Gasteiger partial charge in [0.05, 0.1) is 19.1 Å². The molecule has 1 heterocycles. The molecule has 24 heavy (non-hydrogen) atoms. The number of carbonyl (C=O) groups is 1. The van der Waals surface area contributed by atoms with Gasteiger partial charge >= 0.3 is 0 Å². The maximum Gasteiger partial charge on any atom is 0.226 e. The number of aliphatic hydroxyl groups excluding tert-OH is 1. The summed E-state index contributed by atoms with van der Waals surface area (Å²) in [6.07, 6.45) is 1.85. The van der Waals surface area contributed by atoms with Gasteiger partial charge in [-0.15, -0.1) is 0 Å². The number of hydrogen-bond acceptors (Lipinski definition) is 4. The fourth-order valence-corrected chi connectivity index (χ4v) is 2.80. The molecule has 0 atom stereocenters. The number of piperidine rings is 1. The van der Waals surface area contributed by atoms with E-state index in [-0.39, 0.29) is 12.0 Å². The molecule has 1 fully saturated rings. The molecule has 0 saturated carbocycles. The van der Waals surface area contributed by atoms with E-state index in [2.05, 4.69) is 30.1 Å². The molecule has 0 spiro atoms. The summed E-state index contributed by atoms with van der Waals surface area (Å²) in [5.74, 6) is 0.470. The van der Waals surface area contributed by atoms with E-state index in [9.17, 15) is 9.90 Å². The maximum atomic E-state index is 12.1. The minimum absolute atomic E-state index is 0.0136. The van der Waals surface area contributed by atoms with Crippen molar-refractivity contribution in [1.29, 1.82) is 0 Å². The molecule has 2 rings (SSSR count). The highest BCUT2D eigenvalue weighted by atomic mass is 16.5. The van der Waals surface area contributed by atoms with Gasteiger partial charge in [-0.25, -0.2) is 0 Å². The molecule has 1 aromatic rings. The van der Waals surface area contributed by atoms with Crippen LogP contribution in [0.3, 0.4) is 0 Å². The minimum Gasteiger partial charge on any atom is -0.393 e. The molecule has 0 bridgehead atoms. The zero-order valence-electron chi connectivity index (χ0n) is 14.8. The van der Waals surface area contributed by atoms with Crippen molar-refractivity contribution in [3.8, 4) is 0 Å². The standard InChI is InChI=1S/C19H30N2O3/c1-15(2)14-24-12-9-19(23)20-18-6-4-3-5-16(18)13-21-10-7-17(22)8-11-21/h3-6,15,17,22H,7-14H2,1-2H3,(H,20,23). The molecule has 1 aliphatic rings. The Morgan fingerprint density at radius 3 is 2.75 bits per heavy atom. The second-order valence-corrected chi connectivity index (χ2v) is 6.93. The molecule has 1 amide bonds. The molecule has 0 aliphatic carbocycles. The van der Waals surface area contributed by atoms with E-state index in [1.807, 2.05) is 18.2 Å². The van der Waals surface area contributed by atoms with Crippen molar-refractivity contribution < 1.29 is 14.6 Å². The second kappa shape index (κ2) is 9.77. The number of nitrogens with one attached hydrogen (secondary N) is 1. The van der Waals surface area contributed by atoms with Crippen LogP contribution in [0.2, 0.25) is 0 Å². The van der Waals surface area contributed by atoms with Crippen LogP contribution in [0.1, 0.15) is 38.7 Å². The fourth-order valence-electron chi connectivity index (χ4n) is 2.80. The van der Waals surface area contributed by atoms with Crippen LogP contribution in [0.15, 0.2) is 24.3 Å². The fraction of sp³-hybridized carbons (Fsp3) is 0.632. The van der Waals surface area contributed by atoms with Gasteiger partial charge in [0.15, 0.2) is 0 Å². The summed E-state index contributed by atoms with van der Waals surface area (Å²) in [5.41, 5.74) is 1.99. The summed E-state index contributed by atoms with van der Waals surface area (Å²) >= 11 is 0. The van der Waals surface area contributed by atoms with Gasteiger partial charge in [0.1, 0.15) is 0 Å². The number of aliphatic hydroxyl groups is 1. The van der Waals surface area contributed by atoms with E-state index in [0.717, 1.165) is 43.7 Å². The van der Waals surface area contributed by atoms with Crippen LogP contribution >= 0.6 is 0 Å². The average Bonchev–Trinajstić information content (AvgIpc) is 2.55. The molecule has 1 aliphatic heterocycles. The third-order valence-corrected chi connectivity index (χ3v) is 4.17. The highest BCUT2D eigenvalue weighted by Crippen LogP contribution is 2.20. The number of anilines is 1. The van der Waals surface area contributed by atoms with Crippen LogP contribution < -0.4 is 5.32 Å². The Hall–Kier alpha value is -1.43. The molecule has 0 unspecified atom stereocenters. The van der Waals surface area contributed by atoms with Crippen LogP contribution in [-0.4, -0.2) is 48.3 Å². The topological polar surface area (TPSA) is 61.8 Å². The predicted octanol–water partition coefficient (Wildman–Crippen LogP) is 2.64. The van der Waals surface area contributed by atoms with Crippen LogP contribution in [0, 0.1) is 5.92 Å². The minimum atomic E-state index is -0.165. The Morgan fingerprint density at radius 1 is 1.33 bits per heavy atom. The molecule has 5 nitrogen and oxygen atoms in total. The first kappa shape index (κ1) is 18.9. The van der Waals surface area contributed by atoms with Crippen LogP contribution in [-0.2, 0) is 16.1 Å². The van der Waals surface area contributed by atoms with Gasteiger partial charge in [0, 0.05) is 31.9 Å². The molecule has 0 aromatic heterocycles. The van der Waals surface area contributed by atoms with E-state index in [0.29, 0.717) is 25.6 Å². The Morgan fingerprint density at radius 2 is 2.04 bits per heavy atom. The third kappa shape index (κ3) is 6.59. The largest absolute Gasteiger partial charge is 0.393 e. The number of benzene rings is 1. The summed E-state index contributed by atoms with van der Waals surface area (Å²) in [5, 5.41) is 12.6. The first-order chi connectivity index (χ1) is 11.5. The lowest BCUT2D eigenvalue weighted by atomic mass is 10.1. The van der Waals surface area contributed by atoms with Crippen molar-refractivity contribution >= 4 is 11.6 Å². The number of hydrogen-bond donors (Lipinski definition) is 2. The summed E-state index contributed by atoms with van der Waals surface area (Å²) in [6.45, 7) is 7.92. The lowest BCUT2D eigenvalue weighted by Gasteiger charge is -2.30. The summed E-state index contributed by atoms with van der Waals surface area (Å²) in [6, 6.07) is 7.93. The Labute approximate surface area is 145 Å². The predicted molar refractivity (Wildman–Crippen MR) is 95.9 cm³/mol. The number of nitrogens with zero attached hydrogens (tertiary/aromatic N) is 1. The van der Waals surface area contributed by atoms with Crippen molar-refractivity contribution in [3.05, 3.63) is 29.8 Å². The molecule has 2 N–H and O–H groups in total. The highest BCUT2D eigenvalue weighted by Gasteiger charge is 2.18. The summed E-state index contributed by atoms with van der Waals surface area (Å²) in [4.78, 5) is 14.4. The van der Waals surface area contributed by atoms with E-state index >= 15 is 0 Å². The highest BCUT2D eigenvalue weighted by molar-refractivity contribution is 5.91. The van der Waals surface area contributed by atoms with Gasteiger partial charge < -0.3 is 15.2 Å². The van der Waals surface area contributed by atoms with Gasteiger partial charge in [-0.3, -0.25) is 9.69 Å². The molecule has 1 saturated heterocycles. The Balaban J connectivity index is 1.83. The first-order valence-electron chi connectivity index (χ1n) is 8.90. The molecular formula is C19H30N2O3. The molecule has 1 aromatic carbocycles. The van der Waals surface area contributed by atoms with Crippen LogP contribution in [0.5, 0.6) is 0 Å². The van der Waals surface area contributed by atoms with Gasteiger partial charge in [-0.1, -0.05) is 32.0 Å². The molecule has 134 valence electrons. The maximum absolute atomic E-state index is 12.1. The number of ether oxygens (including phenoxy) is 1. The average molecular weight is 334 g/mol. The van der Waals surface area contributed by atoms with Crippen molar-refractivity contribution in [1.82, 2.24) is 4.90 Å². The normalized spacial score (nSPS) is 16.5. The van der Waals surface area contributed by atoms with Gasteiger partial charge in [0.25, 0.3) is 0 Å². The van der Waals surface area contributed by atoms with Crippen molar-refractivity contribution in [3.63, 3.8) is 0 Å². The van der Waals surface area contributed by atoms with Crippen molar-refractivity contribution in [2.75, 3.05) is 31.6 Å². The van der Waals surface area contributed by atoms with E-state index in [4.69, 9.17) is 4.74 Å². The number of likely N-dealkylation sites (tertiary alicyclic amines) is 1. The molecular weight excluding hydrogens is 304 g/mol. The third-order valence-electron chi connectivity index (χ3n) is 4.17. The molecule has 0 radical (unpaired) electrons. The first-order valence-corrected chi connectivity index (χ1v) is 8.90. The van der Waals surface area contributed by atoms with E-state index in [1.165, 1.54) is 0 Å². The smallest absolute Gasteiger partial charge is 0.226 e. The van der Waals surface area contributed by atoms with Gasteiger partial charge in [0.2, 0.25) is 5.91 Å². The van der Waals surface area contributed by atoms with Gasteiger partial charge in [-0.05, 0) is 30.4 Å². The second-order valence-electron chi connectivity index (χ2n) is 6.93. The summed E-state index contributed by atoms with van der Waals surface area (Å²) in [7, 11) is 0. The molecule has 5 heteroatoms. The number of rotatable bonds is 8. The quantitative estimate of drug-likeness (QED) is 0.718. The van der Waals surface area contributed by atoms with E-state index < -0.39 is 0 Å². The monoisotopic (exact) mass is 334 g/mol. The SMILES string of the molecule is CC(C)COCCC(=O)Nc1ccccc1CN1CCC(O)CC1. The van der Waals surface area contributed by atoms with Crippen molar-refractivity contribution in [2.45, 2.75) is 45.8 Å². The van der Waals surface area contributed by atoms with Crippen molar-refractivity contribution in [2.24, 2.45) is 5.92 Å². The number of carbonyl (C=O) groups excluding carboxylic acids is 1. The lowest BCUT2D eigenvalue weighted by Crippen LogP contribution is -2.35. The zero-order valence-corrected chi connectivity index (χ0v) is 14.8.